The fourth-order valence-corrected chi connectivity index (χ4v) is 1.44. The lowest BCUT2D eigenvalue weighted by Gasteiger charge is -2.40. The Kier molecular flexibility index (Phi) is 1.26. The second-order valence-electron chi connectivity index (χ2n) is 3.79. The van der Waals surface area contributed by atoms with Crippen molar-refractivity contribution < 1.29 is 37.3 Å². The number of nitrogens with zero attached hydrogens (tertiary/aromatic N) is 1. The van der Waals surface area contributed by atoms with Crippen molar-refractivity contribution in [1.29, 1.82) is 0 Å². The Bertz CT molecular complexity index is 1130. The molecule has 112 valence electrons. The van der Waals surface area contributed by atoms with Gasteiger partial charge in [-0.05, 0) is 44.4 Å². The lowest BCUT2D eigenvalue weighted by Crippen LogP contribution is -2.42. The number of rotatable bonds is 5. The van der Waals surface area contributed by atoms with Crippen molar-refractivity contribution in [3.8, 4) is 5.75 Å². The molecule has 1 atom stereocenters. The van der Waals surface area contributed by atoms with Gasteiger partial charge in [0.25, 0.3) is 0 Å². The fourth-order valence-electron chi connectivity index (χ4n) is 1.44. The molecule has 0 amide bonds. The SMILES string of the molecule is [2H]c1c([2H])c(C([2H])(C([2H])([2H])N(C)C([2H])([2H])[2H])C2(O)C([2H])([2H])C([2H])([2H])C([2H])([2H])C([2H])([2H])C2([2H])[2H])c([2H])c([2H])c1OC. The Morgan fingerprint density at radius 2 is 2.15 bits per heavy atom. The van der Waals surface area contributed by atoms with Gasteiger partial charge in [-0.1, -0.05) is 31.2 Å². The van der Waals surface area contributed by atoms with Crippen molar-refractivity contribution >= 4 is 0 Å². The molecule has 1 aliphatic rings. The van der Waals surface area contributed by atoms with Gasteiger partial charge >= 0.3 is 0 Å². The van der Waals surface area contributed by atoms with Crippen LogP contribution in [0.4, 0.5) is 0 Å². The van der Waals surface area contributed by atoms with Crippen LogP contribution < -0.4 is 4.74 Å². The number of ether oxygens (including phenoxy) is 1. The quantitative estimate of drug-likeness (QED) is 0.907. The lowest BCUT2D eigenvalue weighted by molar-refractivity contribution is -0.0277. The minimum Gasteiger partial charge on any atom is -0.497 e. The van der Waals surface area contributed by atoms with E-state index < -0.39 is 92.3 Å². The van der Waals surface area contributed by atoms with Gasteiger partial charge < -0.3 is 14.7 Å². The molecule has 0 spiro atoms. The van der Waals surface area contributed by atoms with Crippen LogP contribution >= 0.6 is 0 Å². The fraction of sp³-hybridized carbons (Fsp3) is 0.647. The first-order valence-electron chi connectivity index (χ1n) is 15.5. The number of benzene rings is 1. The maximum absolute atomic E-state index is 12.1. The molecular formula is C17H27NO2. The van der Waals surface area contributed by atoms with Gasteiger partial charge in [0.1, 0.15) is 5.75 Å². The van der Waals surface area contributed by atoms with Crippen molar-refractivity contribution in [2.75, 3.05) is 27.6 Å². The van der Waals surface area contributed by atoms with Crippen LogP contribution in [0, 0.1) is 0 Å². The highest BCUT2D eigenvalue weighted by Gasteiger charge is 2.38. The summed E-state index contributed by atoms with van der Waals surface area (Å²) in [6.45, 7) is -7.78. The molecule has 1 aromatic carbocycles. The van der Waals surface area contributed by atoms with Gasteiger partial charge in [-0.25, -0.2) is 0 Å². The maximum atomic E-state index is 12.1. The van der Waals surface area contributed by atoms with Crippen LogP contribution in [0.15, 0.2) is 24.2 Å². The third-order valence-electron chi connectivity index (χ3n) is 2.31. The van der Waals surface area contributed by atoms with E-state index in [4.69, 9.17) is 30.8 Å². The van der Waals surface area contributed by atoms with Gasteiger partial charge in [-0.3, -0.25) is 0 Å². The van der Waals surface area contributed by atoms with E-state index in [1.54, 1.807) is 0 Å². The van der Waals surface area contributed by atoms with E-state index in [2.05, 4.69) is 0 Å². The number of hydrogen-bond acceptors (Lipinski definition) is 3. The molecule has 1 aliphatic carbocycles. The van der Waals surface area contributed by atoms with Crippen LogP contribution in [0.1, 0.15) is 70.7 Å². The summed E-state index contributed by atoms with van der Waals surface area (Å²) < 4.78 is 170. The van der Waals surface area contributed by atoms with Crippen LogP contribution in [-0.2, 0) is 0 Å². The first-order chi connectivity index (χ1) is 17.4. The highest BCUT2D eigenvalue weighted by Crippen LogP contribution is 2.40. The Hall–Kier alpha value is -1.06. The Morgan fingerprint density at radius 3 is 2.70 bits per heavy atom. The first kappa shape index (κ1) is 3.82. The lowest BCUT2D eigenvalue weighted by atomic mass is 9.72. The van der Waals surface area contributed by atoms with Crippen molar-refractivity contribution in [1.82, 2.24) is 4.90 Å². The second-order valence-corrected chi connectivity index (χ2v) is 3.79. The van der Waals surface area contributed by atoms with Crippen LogP contribution in [-0.4, -0.2) is 43.2 Å². The van der Waals surface area contributed by atoms with Crippen LogP contribution in [0.2, 0.25) is 0 Å². The molecule has 0 saturated heterocycles. The molecule has 3 nitrogen and oxygen atoms in total. The highest BCUT2D eigenvalue weighted by atomic mass is 16.5. The molecule has 0 aromatic heterocycles. The summed E-state index contributed by atoms with van der Waals surface area (Å²) in [4.78, 5) is -0.304. The Morgan fingerprint density at radius 1 is 1.50 bits per heavy atom. The van der Waals surface area contributed by atoms with Crippen molar-refractivity contribution in [2.45, 2.75) is 43.4 Å². The van der Waals surface area contributed by atoms with Crippen molar-refractivity contribution in [3.63, 3.8) is 0 Å². The number of hydrogen-bond donors (Lipinski definition) is 1. The minimum absolute atomic E-state index is 0.304. The first-order valence-corrected chi connectivity index (χ1v) is 5.48. The van der Waals surface area contributed by atoms with Gasteiger partial charge in [0.05, 0.1) is 18.2 Å². The van der Waals surface area contributed by atoms with Crippen LogP contribution in [0.5, 0.6) is 5.75 Å². The standard InChI is InChI=1S/C17H27NO2/c1-18(2)13-16(17(19)11-5-4-6-12-17)14-7-9-15(20-3)10-8-14/h7-10,16,19H,4-6,11-13H2,1-3H3/i1D3,4D2,5D2,6D2,7D,8D,9D,10D,11D2,12D2,13D2,16D. The maximum Gasteiger partial charge on any atom is 0.118 e. The molecule has 1 saturated carbocycles. The van der Waals surface area contributed by atoms with Crippen molar-refractivity contribution in [3.05, 3.63) is 29.7 Å². The van der Waals surface area contributed by atoms with Crippen molar-refractivity contribution in [2.24, 2.45) is 0 Å². The summed E-state index contributed by atoms with van der Waals surface area (Å²) in [5, 5.41) is 12.1. The zero-order chi connectivity index (χ0) is 32.2. The molecule has 0 bridgehead atoms. The molecular weight excluding hydrogens is 250 g/mol. The summed E-state index contributed by atoms with van der Waals surface area (Å²) in [6.07, 6.45) is -21.8. The molecule has 20 heavy (non-hydrogen) atoms. The predicted molar refractivity (Wildman–Crippen MR) is 82.3 cm³/mol. The topological polar surface area (TPSA) is 32.7 Å². The van der Waals surface area contributed by atoms with Gasteiger partial charge in [0.2, 0.25) is 0 Å². The number of aliphatic hydroxyl groups is 1. The predicted octanol–water partition coefficient (Wildman–Crippen LogP) is 3.04. The molecule has 1 unspecified atom stereocenters. The zero-order valence-corrected chi connectivity index (χ0v) is 10.8. The Balaban J connectivity index is 3.45. The molecule has 1 N–H and O–H groups in total. The van der Waals surface area contributed by atoms with Crippen LogP contribution in [0.3, 0.4) is 0 Å². The molecule has 2 rings (SSSR count). The average molecular weight is 298 g/mol. The van der Waals surface area contributed by atoms with E-state index in [1.807, 2.05) is 0 Å². The number of methoxy groups -OCH3 is 1. The molecule has 0 heterocycles. The minimum atomic E-state index is -4.83. The van der Waals surface area contributed by atoms with E-state index >= 15 is 0 Å². The Labute approximate surface area is 150 Å². The van der Waals surface area contributed by atoms with E-state index in [1.165, 1.54) is 0 Å². The largest absolute Gasteiger partial charge is 0.497 e. The third kappa shape index (κ3) is 3.53. The summed E-state index contributed by atoms with van der Waals surface area (Å²) in [5.41, 5.74) is -6.50. The average Bonchev–Trinajstić information content (AvgIpc) is 2.79. The third-order valence-corrected chi connectivity index (χ3v) is 2.31. The van der Waals surface area contributed by atoms with E-state index in [-0.39, 0.29) is 4.90 Å². The summed E-state index contributed by atoms with van der Waals surface area (Å²) >= 11 is 0. The van der Waals surface area contributed by atoms with E-state index in [0.717, 1.165) is 7.11 Å². The molecule has 0 radical (unpaired) electrons. The van der Waals surface area contributed by atoms with Gasteiger partial charge in [0.15, 0.2) is 0 Å². The summed E-state index contributed by atoms with van der Waals surface area (Å²) in [6, 6.07) is -5.23. The highest BCUT2D eigenvalue weighted by molar-refractivity contribution is 5.31. The molecule has 1 aromatic rings. The molecule has 0 aliphatic heterocycles. The van der Waals surface area contributed by atoms with E-state index in [9.17, 15) is 6.48 Å². The van der Waals surface area contributed by atoms with E-state index in [0.29, 0.717) is 7.05 Å². The zero-order valence-electron chi connectivity index (χ0n) is 30.8. The molecule has 3 heteroatoms. The van der Waals surface area contributed by atoms with Gasteiger partial charge in [0, 0.05) is 34.3 Å². The monoisotopic (exact) mass is 297 g/mol. The van der Waals surface area contributed by atoms with Gasteiger partial charge in [-0.15, -0.1) is 0 Å². The second kappa shape index (κ2) is 6.59. The summed E-state index contributed by atoms with van der Waals surface area (Å²) in [5.74, 6) is -5.28. The number of likely N-dealkylation sites (N-methyl/N-ethyl adjacent to an activating group) is 1. The summed E-state index contributed by atoms with van der Waals surface area (Å²) in [7, 11) is 1.38. The van der Waals surface area contributed by atoms with Gasteiger partial charge in [-0.2, -0.15) is 0 Å². The van der Waals surface area contributed by atoms with Crippen LogP contribution in [0.25, 0.3) is 0 Å². The molecule has 1 fully saturated rings. The smallest absolute Gasteiger partial charge is 0.118 e. The normalized spacial score (nSPS) is 50.0.